The van der Waals surface area contributed by atoms with Crippen molar-refractivity contribution in [2.24, 2.45) is 0 Å². The molecule has 0 radical (unpaired) electrons. The summed E-state index contributed by atoms with van der Waals surface area (Å²) in [6.45, 7) is 4.23. The number of halogens is 1. The van der Waals surface area contributed by atoms with Crippen molar-refractivity contribution in [1.29, 1.82) is 0 Å². The monoisotopic (exact) mass is 355 g/mol. The van der Waals surface area contributed by atoms with Gasteiger partial charge in [-0.3, -0.25) is 20.4 Å². The highest BCUT2D eigenvalue weighted by Crippen LogP contribution is 2.17. The van der Waals surface area contributed by atoms with Crippen LogP contribution in [0.5, 0.6) is 0 Å². The van der Waals surface area contributed by atoms with Crippen LogP contribution >= 0.6 is 0 Å². The third-order valence-electron chi connectivity index (χ3n) is 4.11. The van der Waals surface area contributed by atoms with Crippen LogP contribution in [0, 0.1) is 19.7 Å². The molecule has 0 saturated carbocycles. The lowest BCUT2D eigenvalue weighted by Gasteiger charge is -2.09. The molecular weight excluding hydrogens is 337 g/mol. The molecular formula is C19H18FN3O3. The van der Waals surface area contributed by atoms with Gasteiger partial charge in [-0.2, -0.15) is 0 Å². The summed E-state index contributed by atoms with van der Waals surface area (Å²) in [5.41, 5.74) is 7.06. The molecule has 0 saturated heterocycles. The van der Waals surface area contributed by atoms with Crippen LogP contribution in [-0.4, -0.2) is 16.4 Å². The lowest BCUT2D eigenvalue weighted by Crippen LogP contribution is -2.41. The average Bonchev–Trinajstić information content (AvgIpc) is 3.24. The first-order chi connectivity index (χ1) is 12.5. The van der Waals surface area contributed by atoms with Crippen molar-refractivity contribution in [3.05, 3.63) is 82.8 Å². The van der Waals surface area contributed by atoms with E-state index < -0.39 is 17.6 Å². The molecule has 0 spiro atoms. The van der Waals surface area contributed by atoms with Gasteiger partial charge in [0.25, 0.3) is 11.8 Å². The van der Waals surface area contributed by atoms with E-state index in [1.807, 2.05) is 30.5 Å². The zero-order valence-corrected chi connectivity index (χ0v) is 14.4. The maximum Gasteiger partial charge on any atom is 0.271 e. The van der Waals surface area contributed by atoms with Crippen molar-refractivity contribution < 1.29 is 18.4 Å². The fraction of sp³-hybridized carbons (Fsp3) is 0.158. The van der Waals surface area contributed by atoms with E-state index in [4.69, 9.17) is 4.42 Å². The summed E-state index contributed by atoms with van der Waals surface area (Å²) in [6, 6.07) is 10.5. The number of furan rings is 1. The van der Waals surface area contributed by atoms with E-state index in [-0.39, 0.29) is 5.56 Å². The Hall–Kier alpha value is -3.35. The van der Waals surface area contributed by atoms with E-state index in [0.717, 1.165) is 17.1 Å². The smallest absolute Gasteiger partial charge is 0.271 e. The summed E-state index contributed by atoms with van der Waals surface area (Å²) >= 11 is 0. The minimum Gasteiger partial charge on any atom is -0.467 e. The number of nitrogens with zero attached hydrogens (tertiary/aromatic N) is 1. The Balaban J connectivity index is 1.68. The van der Waals surface area contributed by atoms with Gasteiger partial charge in [-0.1, -0.05) is 0 Å². The number of nitrogens with one attached hydrogen (secondary N) is 2. The zero-order chi connectivity index (χ0) is 18.7. The molecule has 0 aliphatic carbocycles. The molecule has 2 aromatic heterocycles. The topological polar surface area (TPSA) is 76.3 Å². The first kappa shape index (κ1) is 17.5. The number of hydrogen-bond donors (Lipinski definition) is 2. The van der Waals surface area contributed by atoms with Crippen LogP contribution in [0.3, 0.4) is 0 Å². The highest BCUT2D eigenvalue weighted by atomic mass is 19.1. The Morgan fingerprint density at radius 2 is 1.77 bits per heavy atom. The van der Waals surface area contributed by atoms with Crippen molar-refractivity contribution >= 4 is 11.8 Å². The largest absolute Gasteiger partial charge is 0.467 e. The van der Waals surface area contributed by atoms with Crippen LogP contribution in [0.15, 0.2) is 53.1 Å². The van der Waals surface area contributed by atoms with Crippen molar-refractivity contribution in [1.82, 2.24) is 15.4 Å². The van der Waals surface area contributed by atoms with Crippen molar-refractivity contribution in [3.63, 3.8) is 0 Å². The predicted molar refractivity (Wildman–Crippen MR) is 93.0 cm³/mol. The predicted octanol–water partition coefficient (Wildman–Crippen LogP) is 2.96. The second kappa shape index (κ2) is 7.26. The minimum atomic E-state index is -0.525. The molecule has 134 valence electrons. The summed E-state index contributed by atoms with van der Waals surface area (Å²) in [5.74, 6) is -0.611. The van der Waals surface area contributed by atoms with Gasteiger partial charge in [0.2, 0.25) is 0 Å². The van der Waals surface area contributed by atoms with Gasteiger partial charge in [-0.15, -0.1) is 0 Å². The van der Waals surface area contributed by atoms with E-state index in [2.05, 4.69) is 10.9 Å². The molecule has 26 heavy (non-hydrogen) atoms. The highest BCUT2D eigenvalue weighted by molar-refractivity contribution is 5.99. The van der Waals surface area contributed by atoms with Gasteiger partial charge in [0.1, 0.15) is 11.6 Å². The quantitative estimate of drug-likeness (QED) is 0.707. The van der Waals surface area contributed by atoms with Crippen LogP contribution in [0.2, 0.25) is 0 Å². The van der Waals surface area contributed by atoms with Crippen LogP contribution in [0.25, 0.3) is 0 Å². The molecule has 0 unspecified atom stereocenters. The Morgan fingerprint density at radius 1 is 1.08 bits per heavy atom. The second-order valence-electron chi connectivity index (χ2n) is 5.87. The second-order valence-corrected chi connectivity index (χ2v) is 5.87. The van der Waals surface area contributed by atoms with E-state index in [1.54, 1.807) is 12.3 Å². The van der Waals surface area contributed by atoms with E-state index in [1.165, 1.54) is 24.3 Å². The Bertz CT molecular complexity index is 928. The summed E-state index contributed by atoms with van der Waals surface area (Å²) in [7, 11) is 0. The van der Waals surface area contributed by atoms with E-state index in [0.29, 0.717) is 12.1 Å². The highest BCUT2D eigenvalue weighted by Gasteiger charge is 2.17. The van der Waals surface area contributed by atoms with Crippen LogP contribution < -0.4 is 10.9 Å². The molecule has 0 bridgehead atoms. The maximum atomic E-state index is 12.9. The fourth-order valence-corrected chi connectivity index (χ4v) is 2.69. The molecule has 0 aliphatic rings. The lowest BCUT2D eigenvalue weighted by atomic mass is 10.2. The number of carbonyl (C=O) groups is 2. The van der Waals surface area contributed by atoms with Gasteiger partial charge in [0, 0.05) is 17.0 Å². The third-order valence-corrected chi connectivity index (χ3v) is 4.11. The standard InChI is InChI=1S/C19H18FN3O3/c1-12-10-17(13(2)23(12)11-16-4-3-9-26-16)19(25)22-21-18(24)14-5-7-15(20)8-6-14/h3-10H,11H2,1-2H3,(H,21,24)(H,22,25). The number of hydrogen-bond acceptors (Lipinski definition) is 3. The zero-order valence-electron chi connectivity index (χ0n) is 14.4. The number of carbonyl (C=O) groups excluding carboxylic acids is 2. The van der Waals surface area contributed by atoms with Crippen molar-refractivity contribution in [2.45, 2.75) is 20.4 Å². The van der Waals surface area contributed by atoms with E-state index >= 15 is 0 Å². The summed E-state index contributed by atoms with van der Waals surface area (Å²) in [4.78, 5) is 24.4. The summed E-state index contributed by atoms with van der Waals surface area (Å²) < 4.78 is 20.2. The number of aryl methyl sites for hydroxylation is 1. The number of hydrazine groups is 1. The number of amides is 2. The number of rotatable bonds is 4. The van der Waals surface area contributed by atoms with Crippen LogP contribution in [0.1, 0.15) is 37.9 Å². The molecule has 6 nitrogen and oxygen atoms in total. The molecule has 3 rings (SSSR count). The van der Waals surface area contributed by atoms with Gasteiger partial charge in [-0.25, -0.2) is 4.39 Å². The maximum absolute atomic E-state index is 12.9. The molecule has 1 aromatic carbocycles. The van der Waals surface area contributed by atoms with Crippen molar-refractivity contribution in [3.8, 4) is 0 Å². The fourth-order valence-electron chi connectivity index (χ4n) is 2.69. The normalized spacial score (nSPS) is 10.6. The molecule has 0 aliphatic heterocycles. The summed E-state index contributed by atoms with van der Waals surface area (Å²) in [6.07, 6.45) is 1.60. The van der Waals surface area contributed by atoms with Crippen LogP contribution in [0.4, 0.5) is 4.39 Å². The van der Waals surface area contributed by atoms with Gasteiger partial charge in [-0.05, 0) is 56.3 Å². The molecule has 2 heterocycles. The van der Waals surface area contributed by atoms with Gasteiger partial charge in [0.05, 0.1) is 18.4 Å². The number of benzene rings is 1. The first-order valence-electron chi connectivity index (χ1n) is 8.01. The average molecular weight is 355 g/mol. The molecule has 7 heteroatoms. The first-order valence-corrected chi connectivity index (χ1v) is 8.01. The molecule has 2 N–H and O–H groups in total. The van der Waals surface area contributed by atoms with Crippen LogP contribution in [-0.2, 0) is 6.54 Å². The minimum absolute atomic E-state index is 0.245. The Kier molecular flexibility index (Phi) is 4.88. The Morgan fingerprint density at radius 3 is 2.42 bits per heavy atom. The Labute approximate surface area is 149 Å². The summed E-state index contributed by atoms with van der Waals surface area (Å²) in [5, 5.41) is 0. The van der Waals surface area contributed by atoms with Crippen molar-refractivity contribution in [2.75, 3.05) is 0 Å². The van der Waals surface area contributed by atoms with E-state index in [9.17, 15) is 14.0 Å². The number of aromatic nitrogens is 1. The van der Waals surface area contributed by atoms with Gasteiger partial charge < -0.3 is 8.98 Å². The SMILES string of the molecule is Cc1cc(C(=O)NNC(=O)c2ccc(F)cc2)c(C)n1Cc1ccco1. The molecule has 3 aromatic rings. The van der Waals surface area contributed by atoms with Gasteiger partial charge in [0.15, 0.2) is 0 Å². The molecule has 0 fully saturated rings. The lowest BCUT2D eigenvalue weighted by molar-refractivity contribution is 0.0846. The molecule has 2 amide bonds. The third kappa shape index (κ3) is 3.66. The molecule has 0 atom stereocenters. The van der Waals surface area contributed by atoms with Gasteiger partial charge >= 0.3 is 0 Å².